The second-order valence-corrected chi connectivity index (χ2v) is 13.4. The van der Waals surface area contributed by atoms with Gasteiger partial charge >= 0.3 is 0 Å². The van der Waals surface area contributed by atoms with Gasteiger partial charge in [0.15, 0.2) is 0 Å². The molecule has 9 heteroatoms. The lowest BCUT2D eigenvalue weighted by Gasteiger charge is -2.32. The van der Waals surface area contributed by atoms with Crippen LogP contribution in [0.2, 0.25) is 0 Å². The highest BCUT2D eigenvalue weighted by Crippen LogP contribution is 2.23. The smallest absolute Gasteiger partial charge is 0.243 e. The number of hydrogen-bond donors (Lipinski definition) is 1. The number of sulfonamides is 1. The van der Waals surface area contributed by atoms with Crippen molar-refractivity contribution < 1.29 is 22.7 Å². The number of nitrogens with one attached hydrogen (secondary N) is 1. The second kappa shape index (κ2) is 15.6. The average Bonchev–Trinajstić information content (AvgIpc) is 2.95. The summed E-state index contributed by atoms with van der Waals surface area (Å²) in [4.78, 5) is 29.3. The molecule has 0 unspecified atom stereocenters. The normalized spacial score (nSPS) is 12.1. The number of methoxy groups -OCH3 is 1. The van der Waals surface area contributed by atoms with E-state index in [-0.39, 0.29) is 37.2 Å². The van der Waals surface area contributed by atoms with E-state index in [9.17, 15) is 18.0 Å². The Labute approximate surface area is 257 Å². The first-order valence-corrected chi connectivity index (χ1v) is 16.5. The van der Waals surface area contributed by atoms with Gasteiger partial charge in [-0.25, -0.2) is 8.42 Å². The summed E-state index contributed by atoms with van der Waals surface area (Å²) in [6.45, 7) is 8.73. The molecular weight excluding hydrogens is 562 g/mol. The van der Waals surface area contributed by atoms with E-state index in [1.54, 1.807) is 12.0 Å². The van der Waals surface area contributed by atoms with Crippen LogP contribution in [0, 0.1) is 19.8 Å². The molecule has 0 aromatic heterocycles. The minimum Gasteiger partial charge on any atom is -0.497 e. The van der Waals surface area contributed by atoms with Gasteiger partial charge in [-0.3, -0.25) is 13.9 Å². The summed E-state index contributed by atoms with van der Waals surface area (Å²) < 4.78 is 32.3. The Bertz CT molecular complexity index is 1450. The molecule has 1 N–H and O–H groups in total. The van der Waals surface area contributed by atoms with Crippen LogP contribution >= 0.6 is 0 Å². The van der Waals surface area contributed by atoms with Gasteiger partial charge in [-0.15, -0.1) is 0 Å². The lowest BCUT2D eigenvalue weighted by atomic mass is 10.0. The van der Waals surface area contributed by atoms with Gasteiger partial charge in [-0.2, -0.15) is 0 Å². The van der Waals surface area contributed by atoms with Crippen LogP contribution in [0.3, 0.4) is 0 Å². The molecule has 0 aliphatic carbocycles. The molecule has 0 spiro atoms. The molecular formula is C34H45N3O5S. The predicted molar refractivity (Wildman–Crippen MR) is 173 cm³/mol. The van der Waals surface area contributed by atoms with E-state index < -0.39 is 16.1 Å². The summed E-state index contributed by atoms with van der Waals surface area (Å²) in [6.07, 6.45) is 1.89. The lowest BCUT2D eigenvalue weighted by molar-refractivity contribution is -0.141. The summed E-state index contributed by atoms with van der Waals surface area (Å²) in [7, 11) is -2.00. The van der Waals surface area contributed by atoms with E-state index in [1.807, 2.05) is 100 Å². The van der Waals surface area contributed by atoms with E-state index in [4.69, 9.17) is 4.74 Å². The molecule has 3 aromatic rings. The van der Waals surface area contributed by atoms with Crippen molar-refractivity contribution in [3.63, 3.8) is 0 Å². The quantitative estimate of drug-likeness (QED) is 0.254. The highest BCUT2D eigenvalue weighted by atomic mass is 32.2. The summed E-state index contributed by atoms with van der Waals surface area (Å²) in [5.74, 6) is 0.459. The average molecular weight is 608 g/mol. The fraction of sp³-hybridized carbons (Fsp3) is 0.412. The number of anilines is 1. The maximum Gasteiger partial charge on any atom is 0.243 e. The van der Waals surface area contributed by atoms with Gasteiger partial charge in [0, 0.05) is 32.5 Å². The van der Waals surface area contributed by atoms with Crippen molar-refractivity contribution in [1.82, 2.24) is 10.2 Å². The third-order valence-electron chi connectivity index (χ3n) is 7.09. The fourth-order valence-corrected chi connectivity index (χ4v) is 5.99. The minimum atomic E-state index is -3.58. The molecule has 8 nitrogen and oxygen atoms in total. The number of benzene rings is 3. The second-order valence-electron chi connectivity index (χ2n) is 11.5. The highest BCUT2D eigenvalue weighted by Gasteiger charge is 2.30. The molecule has 0 aliphatic rings. The summed E-state index contributed by atoms with van der Waals surface area (Å²) >= 11 is 0. The lowest BCUT2D eigenvalue weighted by Crippen LogP contribution is -2.51. The monoisotopic (exact) mass is 607 g/mol. The summed E-state index contributed by atoms with van der Waals surface area (Å²) in [5, 5.41) is 3.03. The van der Waals surface area contributed by atoms with Crippen molar-refractivity contribution >= 4 is 27.5 Å². The van der Waals surface area contributed by atoms with Crippen LogP contribution in [0.1, 0.15) is 48.9 Å². The van der Waals surface area contributed by atoms with Crippen LogP contribution in [-0.2, 0) is 32.6 Å². The third kappa shape index (κ3) is 10.4. The number of carbonyl (C=O) groups excluding carboxylic acids is 2. The number of aryl methyl sites for hydroxylation is 2. The molecule has 1 atom stereocenters. The number of amides is 2. The largest absolute Gasteiger partial charge is 0.497 e. The number of carbonyl (C=O) groups is 2. The summed E-state index contributed by atoms with van der Waals surface area (Å²) in [6, 6.07) is 22.0. The van der Waals surface area contributed by atoms with Gasteiger partial charge in [0.05, 0.1) is 19.1 Å². The molecule has 0 heterocycles. The van der Waals surface area contributed by atoms with Gasteiger partial charge in [0.25, 0.3) is 0 Å². The fourth-order valence-electron chi connectivity index (χ4n) is 5.04. The molecule has 0 fully saturated rings. The molecule has 0 aliphatic heterocycles. The number of rotatable bonds is 15. The molecule has 3 aromatic carbocycles. The van der Waals surface area contributed by atoms with Crippen molar-refractivity contribution in [3.05, 3.63) is 95.1 Å². The van der Waals surface area contributed by atoms with Crippen molar-refractivity contribution in [2.45, 2.75) is 59.5 Å². The first kappa shape index (κ1) is 33.6. The van der Waals surface area contributed by atoms with E-state index in [0.717, 1.165) is 22.3 Å². The molecule has 0 bridgehead atoms. The Hall–Kier alpha value is -3.85. The zero-order valence-electron chi connectivity index (χ0n) is 26.2. The number of hydrogen-bond acceptors (Lipinski definition) is 5. The maximum atomic E-state index is 14.0. The first-order chi connectivity index (χ1) is 20.4. The number of nitrogens with zero attached hydrogens (tertiary/aromatic N) is 2. The van der Waals surface area contributed by atoms with Gasteiger partial charge in [0.2, 0.25) is 21.8 Å². The van der Waals surface area contributed by atoms with Crippen molar-refractivity contribution in [1.29, 1.82) is 0 Å². The Morgan fingerprint density at radius 2 is 1.56 bits per heavy atom. The molecule has 3 rings (SSSR count). The van der Waals surface area contributed by atoms with E-state index >= 15 is 0 Å². The molecule has 232 valence electrons. The molecule has 0 saturated carbocycles. The number of ether oxygens (including phenoxy) is 1. The van der Waals surface area contributed by atoms with Gasteiger partial charge in [-0.05, 0) is 72.7 Å². The zero-order chi connectivity index (χ0) is 31.6. The zero-order valence-corrected chi connectivity index (χ0v) is 27.0. The SMILES string of the molecule is COc1cccc(CN(C(=O)CCCN(c2cc(C)cc(C)c2)S(C)(=O)=O)[C@@H](Cc2ccccc2)C(=O)NCC(C)C)c1. The Morgan fingerprint density at radius 3 is 2.16 bits per heavy atom. The van der Waals surface area contributed by atoms with E-state index in [2.05, 4.69) is 5.32 Å². The van der Waals surface area contributed by atoms with Crippen LogP contribution < -0.4 is 14.4 Å². The van der Waals surface area contributed by atoms with Crippen LogP contribution in [0.5, 0.6) is 5.75 Å². The van der Waals surface area contributed by atoms with Crippen molar-refractivity contribution in [3.8, 4) is 5.75 Å². The first-order valence-electron chi connectivity index (χ1n) is 14.7. The van der Waals surface area contributed by atoms with Gasteiger partial charge < -0.3 is 15.0 Å². The predicted octanol–water partition coefficient (Wildman–Crippen LogP) is 5.27. The van der Waals surface area contributed by atoms with Crippen molar-refractivity contribution in [2.24, 2.45) is 5.92 Å². The molecule has 2 amide bonds. The summed E-state index contributed by atoms with van der Waals surface area (Å²) in [5.41, 5.74) is 4.26. The van der Waals surface area contributed by atoms with Gasteiger partial charge in [0.1, 0.15) is 11.8 Å². The Kier molecular flexibility index (Phi) is 12.2. The Balaban J connectivity index is 1.91. The molecule has 0 saturated heterocycles. The molecule has 0 radical (unpaired) electrons. The van der Waals surface area contributed by atoms with Gasteiger partial charge in [-0.1, -0.05) is 62.4 Å². The van der Waals surface area contributed by atoms with E-state index in [1.165, 1.54) is 10.6 Å². The topological polar surface area (TPSA) is 96.0 Å². The highest BCUT2D eigenvalue weighted by molar-refractivity contribution is 7.92. The van der Waals surface area contributed by atoms with Crippen LogP contribution in [0.15, 0.2) is 72.8 Å². The molecule has 43 heavy (non-hydrogen) atoms. The Morgan fingerprint density at radius 1 is 0.907 bits per heavy atom. The maximum absolute atomic E-state index is 14.0. The van der Waals surface area contributed by atoms with Crippen LogP contribution in [-0.4, -0.2) is 57.6 Å². The third-order valence-corrected chi connectivity index (χ3v) is 8.28. The van der Waals surface area contributed by atoms with Crippen molar-refractivity contribution in [2.75, 3.05) is 30.8 Å². The standard InChI is InChI=1S/C34H45N3O5S/c1-25(2)23-35-34(39)32(22-28-12-8-7-9-13-28)36(24-29-14-10-15-31(21-29)42-5)33(38)16-11-17-37(43(6,40)41)30-19-26(3)18-27(4)20-30/h7-10,12-15,18-21,25,32H,11,16-17,22-24H2,1-6H3,(H,35,39)/t32-/m0/s1. The minimum absolute atomic E-state index is 0.0730. The van der Waals surface area contributed by atoms with E-state index in [0.29, 0.717) is 30.8 Å². The van der Waals surface area contributed by atoms with Crippen LogP contribution in [0.4, 0.5) is 5.69 Å². The van der Waals surface area contributed by atoms with Crippen LogP contribution in [0.25, 0.3) is 0 Å².